The van der Waals surface area contributed by atoms with Crippen LogP contribution >= 0.6 is 11.3 Å². The molecule has 2 aromatic carbocycles. The summed E-state index contributed by atoms with van der Waals surface area (Å²) in [5.41, 5.74) is 7.55. The number of aryl methyl sites for hydroxylation is 1. The van der Waals surface area contributed by atoms with E-state index in [4.69, 9.17) is 4.74 Å². The first-order chi connectivity index (χ1) is 12.6. The molecular weight excluding hydrogens is 348 g/mol. The predicted molar refractivity (Wildman–Crippen MR) is 102 cm³/mol. The number of hydrogen-bond acceptors (Lipinski definition) is 4. The van der Waals surface area contributed by atoms with Gasteiger partial charge in [0.15, 0.2) is 6.61 Å². The molecule has 6 heteroatoms. The molecule has 3 aromatic rings. The molecule has 1 heterocycles. The smallest absolute Gasteiger partial charge is 0.280 e. The molecule has 1 aromatic heterocycles. The fraction of sp³-hybridized carbons (Fsp3) is 0.100. The van der Waals surface area contributed by atoms with Gasteiger partial charge in [-0.05, 0) is 35.6 Å². The van der Waals surface area contributed by atoms with Gasteiger partial charge in [0.05, 0.1) is 4.88 Å². The van der Waals surface area contributed by atoms with Crippen molar-refractivity contribution in [2.75, 3.05) is 6.61 Å². The zero-order valence-corrected chi connectivity index (χ0v) is 15.0. The van der Waals surface area contributed by atoms with Crippen molar-refractivity contribution in [1.29, 1.82) is 0 Å². The summed E-state index contributed by atoms with van der Waals surface area (Å²) < 4.78 is 5.64. The second-order valence-electron chi connectivity index (χ2n) is 5.59. The Morgan fingerprint density at radius 1 is 0.962 bits per heavy atom. The van der Waals surface area contributed by atoms with Gasteiger partial charge in [-0.2, -0.15) is 0 Å². The molecule has 0 radical (unpaired) electrons. The van der Waals surface area contributed by atoms with E-state index in [1.807, 2.05) is 73.0 Å². The highest BCUT2D eigenvalue weighted by Crippen LogP contribution is 2.29. The van der Waals surface area contributed by atoms with Crippen LogP contribution in [0.25, 0.3) is 11.1 Å². The molecule has 0 aliphatic carbocycles. The van der Waals surface area contributed by atoms with E-state index in [0.717, 1.165) is 16.7 Å². The second-order valence-corrected chi connectivity index (χ2v) is 6.50. The molecule has 26 heavy (non-hydrogen) atoms. The Hall–Kier alpha value is -3.12. The Morgan fingerprint density at radius 2 is 1.69 bits per heavy atom. The summed E-state index contributed by atoms with van der Waals surface area (Å²) in [6, 6.07) is 19.1. The summed E-state index contributed by atoms with van der Waals surface area (Å²) in [7, 11) is 0. The third-order valence-corrected chi connectivity index (χ3v) is 4.73. The van der Waals surface area contributed by atoms with Gasteiger partial charge in [0.1, 0.15) is 5.75 Å². The van der Waals surface area contributed by atoms with Crippen LogP contribution in [0.2, 0.25) is 0 Å². The van der Waals surface area contributed by atoms with E-state index in [1.54, 1.807) is 0 Å². The number of benzene rings is 2. The van der Waals surface area contributed by atoms with Gasteiger partial charge in [-0.15, -0.1) is 11.3 Å². The molecular formula is C20H18N2O3S. The van der Waals surface area contributed by atoms with Crippen molar-refractivity contribution in [2.24, 2.45) is 0 Å². The Labute approximate surface area is 155 Å². The summed E-state index contributed by atoms with van der Waals surface area (Å²) in [5.74, 6) is -0.166. The summed E-state index contributed by atoms with van der Waals surface area (Å²) >= 11 is 1.32. The molecule has 0 atom stereocenters. The van der Waals surface area contributed by atoms with Gasteiger partial charge in [0.2, 0.25) is 0 Å². The Kier molecular flexibility index (Phi) is 5.66. The standard InChI is InChI=1S/C20H18N2O3S/c1-14-11-12-26-19(14)20(24)22-21-18(23)13-25-17-10-6-5-9-16(17)15-7-3-2-4-8-15/h2-12H,13H2,1H3,(H,21,23)(H,22,24). The van der Waals surface area contributed by atoms with Gasteiger partial charge in [-0.25, -0.2) is 0 Å². The van der Waals surface area contributed by atoms with Crippen LogP contribution in [-0.2, 0) is 4.79 Å². The first kappa shape index (κ1) is 17.7. The Bertz CT molecular complexity index is 906. The van der Waals surface area contributed by atoms with Crippen LogP contribution in [0.15, 0.2) is 66.0 Å². The molecule has 0 bridgehead atoms. The van der Waals surface area contributed by atoms with Gasteiger partial charge < -0.3 is 4.74 Å². The molecule has 0 aliphatic rings. The molecule has 2 amide bonds. The fourth-order valence-corrected chi connectivity index (χ4v) is 3.24. The lowest BCUT2D eigenvalue weighted by Crippen LogP contribution is -2.43. The van der Waals surface area contributed by atoms with Gasteiger partial charge in [0.25, 0.3) is 11.8 Å². The quantitative estimate of drug-likeness (QED) is 0.679. The van der Waals surface area contributed by atoms with Crippen LogP contribution in [0.5, 0.6) is 5.75 Å². The van der Waals surface area contributed by atoms with Crippen molar-refractivity contribution in [2.45, 2.75) is 6.92 Å². The van der Waals surface area contributed by atoms with E-state index in [1.165, 1.54) is 11.3 Å². The molecule has 0 fully saturated rings. The van der Waals surface area contributed by atoms with E-state index >= 15 is 0 Å². The van der Waals surface area contributed by atoms with Crippen LogP contribution in [-0.4, -0.2) is 18.4 Å². The van der Waals surface area contributed by atoms with E-state index in [-0.39, 0.29) is 12.5 Å². The number of nitrogens with one attached hydrogen (secondary N) is 2. The van der Waals surface area contributed by atoms with Gasteiger partial charge in [0, 0.05) is 5.56 Å². The molecule has 5 nitrogen and oxygen atoms in total. The van der Waals surface area contributed by atoms with Crippen LogP contribution in [0.3, 0.4) is 0 Å². The number of hydrogen-bond donors (Lipinski definition) is 2. The highest BCUT2D eigenvalue weighted by molar-refractivity contribution is 7.12. The highest BCUT2D eigenvalue weighted by atomic mass is 32.1. The van der Waals surface area contributed by atoms with Crippen LogP contribution in [0.4, 0.5) is 0 Å². The van der Waals surface area contributed by atoms with Crippen LogP contribution in [0, 0.1) is 6.92 Å². The van der Waals surface area contributed by atoms with Crippen molar-refractivity contribution in [3.8, 4) is 16.9 Å². The van der Waals surface area contributed by atoms with E-state index in [9.17, 15) is 9.59 Å². The van der Waals surface area contributed by atoms with E-state index in [0.29, 0.717) is 10.6 Å². The number of rotatable bonds is 5. The van der Waals surface area contributed by atoms with Gasteiger partial charge in [-0.3, -0.25) is 20.4 Å². The summed E-state index contributed by atoms with van der Waals surface area (Å²) in [6.45, 7) is 1.64. The Balaban J connectivity index is 1.57. The summed E-state index contributed by atoms with van der Waals surface area (Å²) in [6.07, 6.45) is 0. The van der Waals surface area contributed by atoms with Crippen molar-refractivity contribution in [1.82, 2.24) is 10.9 Å². The van der Waals surface area contributed by atoms with Gasteiger partial charge in [-0.1, -0.05) is 48.5 Å². The number of carbonyl (C=O) groups is 2. The number of thiophene rings is 1. The monoisotopic (exact) mass is 366 g/mol. The summed E-state index contributed by atoms with van der Waals surface area (Å²) in [5, 5.41) is 1.83. The van der Waals surface area contributed by atoms with E-state index < -0.39 is 5.91 Å². The highest BCUT2D eigenvalue weighted by Gasteiger charge is 2.12. The topological polar surface area (TPSA) is 67.4 Å². The molecule has 3 rings (SSSR count). The number of hydrazine groups is 1. The number of ether oxygens (including phenoxy) is 1. The average molecular weight is 366 g/mol. The maximum atomic E-state index is 12.0. The largest absolute Gasteiger partial charge is 0.483 e. The maximum absolute atomic E-state index is 12.0. The lowest BCUT2D eigenvalue weighted by molar-refractivity contribution is -0.123. The third-order valence-electron chi connectivity index (χ3n) is 3.71. The molecule has 0 aliphatic heterocycles. The molecule has 0 saturated heterocycles. The van der Waals surface area contributed by atoms with Crippen molar-refractivity contribution >= 4 is 23.2 Å². The first-order valence-electron chi connectivity index (χ1n) is 8.05. The molecule has 132 valence electrons. The number of carbonyl (C=O) groups excluding carboxylic acids is 2. The SMILES string of the molecule is Cc1ccsc1C(=O)NNC(=O)COc1ccccc1-c1ccccc1. The lowest BCUT2D eigenvalue weighted by Gasteiger charge is -2.12. The van der Waals surface area contributed by atoms with Crippen LogP contribution in [0.1, 0.15) is 15.2 Å². The molecule has 0 spiro atoms. The van der Waals surface area contributed by atoms with Crippen molar-refractivity contribution < 1.29 is 14.3 Å². The minimum atomic E-state index is -0.435. The average Bonchev–Trinajstić information content (AvgIpc) is 3.11. The van der Waals surface area contributed by atoms with Gasteiger partial charge >= 0.3 is 0 Å². The second kappa shape index (κ2) is 8.31. The lowest BCUT2D eigenvalue weighted by atomic mass is 10.1. The normalized spacial score (nSPS) is 10.2. The minimum absolute atomic E-state index is 0.201. The molecule has 0 unspecified atom stereocenters. The summed E-state index contributed by atoms with van der Waals surface area (Å²) in [4.78, 5) is 24.5. The Morgan fingerprint density at radius 3 is 2.42 bits per heavy atom. The fourth-order valence-electron chi connectivity index (χ4n) is 2.42. The molecule has 0 saturated carbocycles. The zero-order chi connectivity index (χ0) is 18.4. The van der Waals surface area contributed by atoms with Crippen molar-refractivity contribution in [3.05, 3.63) is 76.5 Å². The maximum Gasteiger partial charge on any atom is 0.280 e. The van der Waals surface area contributed by atoms with Crippen LogP contribution < -0.4 is 15.6 Å². The third kappa shape index (κ3) is 4.29. The predicted octanol–water partition coefficient (Wildman–Crippen LogP) is 3.56. The van der Waals surface area contributed by atoms with Crippen molar-refractivity contribution in [3.63, 3.8) is 0 Å². The van der Waals surface area contributed by atoms with E-state index in [2.05, 4.69) is 10.9 Å². The first-order valence-corrected chi connectivity index (χ1v) is 8.93. The number of para-hydroxylation sites is 1. The molecule has 2 N–H and O–H groups in total. The minimum Gasteiger partial charge on any atom is -0.483 e. The zero-order valence-electron chi connectivity index (χ0n) is 14.2. The number of amides is 2.